The van der Waals surface area contributed by atoms with E-state index in [1.807, 2.05) is 60.7 Å². The van der Waals surface area contributed by atoms with Crippen molar-refractivity contribution >= 4 is 17.7 Å². The van der Waals surface area contributed by atoms with Gasteiger partial charge in [-0.15, -0.1) is 0 Å². The van der Waals surface area contributed by atoms with Gasteiger partial charge >= 0.3 is 5.97 Å². The van der Waals surface area contributed by atoms with Gasteiger partial charge in [-0.3, -0.25) is 4.79 Å². The summed E-state index contributed by atoms with van der Waals surface area (Å²) in [5, 5.41) is 3.95. The fourth-order valence-corrected chi connectivity index (χ4v) is 4.71. The Bertz CT molecular complexity index is 909. The van der Waals surface area contributed by atoms with Gasteiger partial charge in [-0.05, 0) is 17.7 Å². The van der Waals surface area contributed by atoms with E-state index in [0.717, 1.165) is 10.5 Å². The van der Waals surface area contributed by atoms with E-state index in [-0.39, 0.29) is 6.61 Å². The fraction of sp³-hybridized carbons (Fsp3) is 0.381. The summed E-state index contributed by atoms with van der Waals surface area (Å²) in [7, 11) is 0. The molecule has 2 saturated heterocycles. The van der Waals surface area contributed by atoms with Gasteiger partial charge in [0.1, 0.15) is 29.8 Å². The molecule has 30 heavy (non-hydrogen) atoms. The molecule has 156 valence electrons. The lowest BCUT2D eigenvalue weighted by atomic mass is 9.96. The predicted molar refractivity (Wildman–Crippen MR) is 109 cm³/mol. The quantitative estimate of drug-likeness (QED) is 0.306. The molecule has 2 aromatic rings. The van der Waals surface area contributed by atoms with E-state index in [4.69, 9.17) is 18.9 Å². The van der Waals surface area contributed by atoms with Gasteiger partial charge in [0, 0.05) is 22.3 Å². The van der Waals surface area contributed by atoms with Crippen molar-refractivity contribution in [1.82, 2.24) is 0 Å². The van der Waals surface area contributed by atoms with E-state index in [2.05, 4.69) is 10.0 Å². The number of carbonyl (C=O) groups excluding carboxylic acids is 1. The van der Waals surface area contributed by atoms with Crippen molar-refractivity contribution in [3.8, 4) is 0 Å². The Balaban J connectivity index is 1.61. The zero-order valence-corrected chi connectivity index (χ0v) is 17.1. The average Bonchev–Trinajstić information content (AvgIpc) is 2.77. The number of nitrogens with zero attached hydrogens (tertiary/aromatic N) is 3. The van der Waals surface area contributed by atoms with Crippen molar-refractivity contribution < 1.29 is 23.7 Å². The van der Waals surface area contributed by atoms with E-state index >= 15 is 0 Å². The van der Waals surface area contributed by atoms with Gasteiger partial charge in [-0.2, -0.15) is 0 Å². The van der Waals surface area contributed by atoms with E-state index in [0.29, 0.717) is 0 Å². The summed E-state index contributed by atoms with van der Waals surface area (Å²) in [5.41, 5.74) is 9.48. The lowest BCUT2D eigenvalue weighted by Gasteiger charge is -2.47. The van der Waals surface area contributed by atoms with Crippen LogP contribution >= 0.6 is 11.8 Å². The van der Waals surface area contributed by atoms with E-state index in [1.54, 1.807) is 0 Å². The number of rotatable bonds is 5. The Hall–Kier alpha value is -2.55. The number of esters is 1. The number of ether oxygens (including phenoxy) is 4. The monoisotopic (exact) mass is 427 g/mol. The molecule has 2 heterocycles. The predicted octanol–water partition coefficient (Wildman–Crippen LogP) is 4.23. The minimum Gasteiger partial charge on any atom is -0.458 e. The highest BCUT2D eigenvalue weighted by atomic mass is 32.2. The molecule has 0 saturated carbocycles. The van der Waals surface area contributed by atoms with Crippen LogP contribution in [0.1, 0.15) is 18.8 Å². The molecule has 0 amide bonds. The summed E-state index contributed by atoms with van der Waals surface area (Å²) in [4.78, 5) is 15.8. The molecule has 0 spiro atoms. The summed E-state index contributed by atoms with van der Waals surface area (Å²) in [6.45, 7) is 1.58. The Morgan fingerprint density at radius 2 is 1.83 bits per heavy atom. The molecule has 0 aromatic heterocycles. The molecule has 0 aliphatic carbocycles. The minimum absolute atomic E-state index is 0.264. The summed E-state index contributed by atoms with van der Waals surface area (Å²) >= 11 is 1.40. The molecule has 2 aliphatic rings. The van der Waals surface area contributed by atoms with Gasteiger partial charge in [0.05, 0.1) is 6.61 Å². The zero-order chi connectivity index (χ0) is 20.9. The maximum atomic E-state index is 11.8. The van der Waals surface area contributed by atoms with Crippen LogP contribution in [0.25, 0.3) is 10.4 Å². The van der Waals surface area contributed by atoms with E-state index < -0.39 is 42.0 Å². The van der Waals surface area contributed by atoms with Crippen LogP contribution in [-0.4, -0.2) is 42.4 Å². The number of azide groups is 1. The van der Waals surface area contributed by atoms with E-state index in [9.17, 15) is 10.3 Å². The van der Waals surface area contributed by atoms with Crippen molar-refractivity contribution in [1.29, 1.82) is 0 Å². The van der Waals surface area contributed by atoms with Gasteiger partial charge in [0.25, 0.3) is 0 Å². The van der Waals surface area contributed by atoms with Crippen molar-refractivity contribution in [3.05, 3.63) is 76.7 Å². The third-order valence-corrected chi connectivity index (χ3v) is 6.02. The number of benzene rings is 2. The molecular weight excluding hydrogens is 406 g/mol. The van der Waals surface area contributed by atoms with Gasteiger partial charge < -0.3 is 18.9 Å². The number of carbonyl (C=O) groups is 1. The fourth-order valence-electron chi connectivity index (χ4n) is 3.58. The zero-order valence-electron chi connectivity index (χ0n) is 16.2. The molecule has 6 atom stereocenters. The smallest absolute Gasteiger partial charge is 0.303 e. The summed E-state index contributed by atoms with van der Waals surface area (Å²) in [6, 6.07) is 18.4. The van der Waals surface area contributed by atoms with Crippen molar-refractivity contribution in [2.24, 2.45) is 5.11 Å². The van der Waals surface area contributed by atoms with E-state index in [1.165, 1.54) is 18.7 Å². The lowest BCUT2D eigenvalue weighted by Crippen LogP contribution is -2.61. The average molecular weight is 427 g/mol. The first-order valence-electron chi connectivity index (χ1n) is 9.56. The van der Waals surface area contributed by atoms with Gasteiger partial charge in [0.15, 0.2) is 6.29 Å². The van der Waals surface area contributed by atoms with Gasteiger partial charge in [-0.25, -0.2) is 0 Å². The first-order chi connectivity index (χ1) is 14.7. The summed E-state index contributed by atoms with van der Waals surface area (Å²) in [6.07, 6.45) is -2.51. The second-order valence-electron chi connectivity index (χ2n) is 6.92. The molecule has 2 aromatic carbocycles. The molecular formula is C21H21N3O5S. The highest BCUT2D eigenvalue weighted by Gasteiger charge is 2.51. The standard InChI is InChI=1S/C21H21N3O5S/c1-13(25)27-19-17(23-24-22)18-16(28-21(19)30-15-10-6-3-7-11-15)12-26-20(29-18)14-8-4-2-5-9-14/h2-11,16-21H,12H2,1H3/t16?,17-,18?,19+,20?,21+/m1/s1. The normalized spacial score (nSPS) is 30.6. The number of thioether (sulfide) groups is 1. The highest BCUT2D eigenvalue weighted by Crippen LogP contribution is 2.41. The SMILES string of the molecule is CC(=O)O[C@H]1[C@H](N=[N+]=[N-])C2OC(c3ccccc3)OCC2O[C@H]1Sc1ccccc1. The molecule has 0 radical (unpaired) electrons. The highest BCUT2D eigenvalue weighted by molar-refractivity contribution is 7.99. The Kier molecular flexibility index (Phi) is 6.56. The Morgan fingerprint density at radius 1 is 1.13 bits per heavy atom. The molecule has 8 nitrogen and oxygen atoms in total. The molecule has 0 bridgehead atoms. The van der Waals surface area contributed by atoms with Crippen LogP contribution in [-0.2, 0) is 23.7 Å². The van der Waals surface area contributed by atoms with Crippen LogP contribution in [0.5, 0.6) is 0 Å². The second-order valence-corrected chi connectivity index (χ2v) is 8.09. The molecule has 3 unspecified atom stereocenters. The molecule has 2 fully saturated rings. The topological polar surface area (TPSA) is 103 Å². The number of hydrogen-bond acceptors (Lipinski definition) is 7. The molecule has 2 aliphatic heterocycles. The first-order valence-corrected chi connectivity index (χ1v) is 10.4. The maximum absolute atomic E-state index is 11.8. The second kappa shape index (κ2) is 9.51. The maximum Gasteiger partial charge on any atom is 0.303 e. The van der Waals surface area contributed by atoms with Crippen molar-refractivity contribution in [3.63, 3.8) is 0 Å². The van der Waals surface area contributed by atoms with Gasteiger partial charge in [0.2, 0.25) is 0 Å². The number of hydrogen-bond donors (Lipinski definition) is 0. The molecule has 9 heteroatoms. The molecule has 4 rings (SSSR count). The Morgan fingerprint density at radius 3 is 2.50 bits per heavy atom. The van der Waals surface area contributed by atoms with Crippen LogP contribution in [0.3, 0.4) is 0 Å². The lowest BCUT2D eigenvalue weighted by molar-refractivity contribution is -0.298. The summed E-state index contributed by atoms with van der Waals surface area (Å²) < 4.78 is 23.8. The minimum atomic E-state index is -0.806. The molecule has 0 N–H and O–H groups in total. The van der Waals surface area contributed by atoms with Gasteiger partial charge in [-0.1, -0.05) is 65.4 Å². The van der Waals surface area contributed by atoms with Crippen LogP contribution in [0.4, 0.5) is 0 Å². The van der Waals surface area contributed by atoms with Crippen LogP contribution in [0.2, 0.25) is 0 Å². The van der Waals surface area contributed by atoms with Crippen LogP contribution in [0.15, 0.2) is 70.7 Å². The third kappa shape index (κ3) is 4.61. The van der Waals surface area contributed by atoms with Crippen molar-refractivity contribution in [2.75, 3.05) is 6.61 Å². The summed E-state index contributed by atoms with van der Waals surface area (Å²) in [5.74, 6) is -0.481. The van der Waals surface area contributed by atoms with Crippen molar-refractivity contribution in [2.45, 2.75) is 47.9 Å². The largest absolute Gasteiger partial charge is 0.458 e. The van der Waals surface area contributed by atoms with Crippen LogP contribution < -0.4 is 0 Å². The van der Waals surface area contributed by atoms with Crippen LogP contribution in [0, 0.1) is 0 Å². The Labute approximate surface area is 178 Å². The third-order valence-electron chi connectivity index (χ3n) is 4.86. The number of fused-ring (bicyclic) bond motifs is 1. The first kappa shape index (κ1) is 20.7.